The molecule has 0 atom stereocenters. The van der Waals surface area contributed by atoms with Crippen molar-refractivity contribution in [2.45, 2.75) is 20.0 Å². The van der Waals surface area contributed by atoms with Crippen molar-refractivity contribution in [1.29, 1.82) is 0 Å². The van der Waals surface area contributed by atoms with Gasteiger partial charge in [-0.3, -0.25) is 20.6 Å². The number of nitrogens with zero attached hydrogens (tertiary/aromatic N) is 2. The zero-order valence-electron chi connectivity index (χ0n) is 13.8. The Balaban J connectivity index is 2.35. The molecular weight excluding hydrogens is 353 g/mol. The van der Waals surface area contributed by atoms with Gasteiger partial charge in [0.15, 0.2) is 5.82 Å². The molecule has 0 aliphatic rings. The molecule has 10 heteroatoms. The highest BCUT2D eigenvalue weighted by atomic mass is 19.4. The first-order valence-electron chi connectivity index (χ1n) is 7.46. The number of hydrogen-bond donors (Lipinski definition) is 2. The summed E-state index contributed by atoms with van der Waals surface area (Å²) in [5.74, 6) is -1.95. The number of pyridine rings is 2. The minimum absolute atomic E-state index is 0.00596. The van der Waals surface area contributed by atoms with Crippen LogP contribution in [-0.2, 0) is 10.9 Å². The van der Waals surface area contributed by atoms with Crippen LogP contribution in [0.3, 0.4) is 0 Å². The number of ether oxygens (including phenoxy) is 1. The number of esters is 1. The lowest BCUT2D eigenvalue weighted by molar-refractivity contribution is -0.141. The molecule has 2 N–H and O–H groups in total. The summed E-state index contributed by atoms with van der Waals surface area (Å²) in [6.45, 7) is 2.91. The molecule has 2 heterocycles. The van der Waals surface area contributed by atoms with Gasteiger partial charge in [-0.15, -0.1) is 0 Å². The quantitative estimate of drug-likeness (QED) is 0.623. The van der Waals surface area contributed by atoms with Crippen LogP contribution in [-0.4, -0.2) is 28.5 Å². The molecule has 0 saturated heterocycles. The van der Waals surface area contributed by atoms with E-state index in [0.29, 0.717) is 0 Å². The first kappa shape index (κ1) is 19.2. The zero-order valence-corrected chi connectivity index (χ0v) is 13.8. The monoisotopic (exact) mass is 368 g/mol. The Hall–Kier alpha value is -3.17. The number of carbonyl (C=O) groups excluding carboxylic acids is 2. The summed E-state index contributed by atoms with van der Waals surface area (Å²) < 4.78 is 43.8. The van der Waals surface area contributed by atoms with E-state index in [1.54, 1.807) is 6.92 Å². The number of hydrazine groups is 1. The lowest BCUT2D eigenvalue weighted by Crippen LogP contribution is -2.31. The molecular formula is C16H15F3N4O3. The number of halogens is 3. The number of aromatic nitrogens is 2. The van der Waals surface area contributed by atoms with Gasteiger partial charge in [0.1, 0.15) is 11.3 Å². The average Bonchev–Trinajstić information content (AvgIpc) is 2.59. The number of aryl methyl sites for hydroxylation is 1. The van der Waals surface area contributed by atoms with Gasteiger partial charge in [-0.1, -0.05) is 0 Å². The summed E-state index contributed by atoms with van der Waals surface area (Å²) in [6, 6.07) is 3.56. The fraction of sp³-hybridized carbons (Fsp3) is 0.250. The molecule has 0 aliphatic carbocycles. The van der Waals surface area contributed by atoms with Crippen LogP contribution in [0.15, 0.2) is 30.6 Å². The number of anilines is 1. The van der Waals surface area contributed by atoms with E-state index in [1.807, 2.05) is 0 Å². The Kier molecular flexibility index (Phi) is 5.75. The molecule has 0 saturated carbocycles. The standard InChI is InChI=1S/C16H15F3N4O3/c1-3-26-15(25)12-9(2)8-11(16(17,18)19)21-13(12)22-23-14(24)10-4-6-20-7-5-10/h4-8H,3H2,1-2H3,(H,21,22)(H,23,24). The lowest BCUT2D eigenvalue weighted by Gasteiger charge is -2.16. The summed E-state index contributed by atoms with van der Waals surface area (Å²) in [5.41, 5.74) is 3.29. The SMILES string of the molecule is CCOC(=O)c1c(C)cc(C(F)(F)F)nc1NNC(=O)c1ccncc1. The number of carbonyl (C=O) groups is 2. The second-order valence-corrected chi connectivity index (χ2v) is 5.08. The number of rotatable bonds is 5. The predicted molar refractivity (Wildman–Crippen MR) is 85.3 cm³/mol. The van der Waals surface area contributed by atoms with Crippen molar-refractivity contribution >= 4 is 17.7 Å². The molecule has 0 aromatic carbocycles. The van der Waals surface area contributed by atoms with E-state index in [9.17, 15) is 22.8 Å². The van der Waals surface area contributed by atoms with Crippen molar-refractivity contribution in [3.63, 3.8) is 0 Å². The second-order valence-electron chi connectivity index (χ2n) is 5.08. The normalized spacial score (nSPS) is 11.0. The molecule has 0 bridgehead atoms. The van der Waals surface area contributed by atoms with Gasteiger partial charge >= 0.3 is 12.1 Å². The van der Waals surface area contributed by atoms with E-state index in [4.69, 9.17) is 4.74 Å². The van der Waals surface area contributed by atoms with Crippen molar-refractivity contribution < 1.29 is 27.5 Å². The molecule has 7 nitrogen and oxygen atoms in total. The topological polar surface area (TPSA) is 93.2 Å². The van der Waals surface area contributed by atoms with Crippen LogP contribution in [0.4, 0.5) is 19.0 Å². The Labute approximate surface area is 146 Å². The van der Waals surface area contributed by atoms with Gasteiger partial charge in [0.05, 0.1) is 6.61 Å². The van der Waals surface area contributed by atoms with E-state index in [1.165, 1.54) is 31.5 Å². The van der Waals surface area contributed by atoms with Crippen molar-refractivity contribution in [3.05, 3.63) is 53.0 Å². The third-order valence-electron chi connectivity index (χ3n) is 3.22. The lowest BCUT2D eigenvalue weighted by atomic mass is 10.1. The Morgan fingerprint density at radius 2 is 1.88 bits per heavy atom. The van der Waals surface area contributed by atoms with Gasteiger partial charge in [-0.05, 0) is 37.6 Å². The van der Waals surface area contributed by atoms with Gasteiger partial charge in [-0.2, -0.15) is 13.2 Å². The smallest absolute Gasteiger partial charge is 0.433 e. The Morgan fingerprint density at radius 3 is 2.46 bits per heavy atom. The van der Waals surface area contributed by atoms with Crippen molar-refractivity contribution in [2.75, 3.05) is 12.0 Å². The molecule has 2 rings (SSSR count). The summed E-state index contributed by atoms with van der Waals surface area (Å²) in [7, 11) is 0. The van der Waals surface area contributed by atoms with Gasteiger partial charge in [0.25, 0.3) is 5.91 Å². The van der Waals surface area contributed by atoms with E-state index in [0.717, 1.165) is 6.07 Å². The van der Waals surface area contributed by atoms with Crippen molar-refractivity contribution in [1.82, 2.24) is 15.4 Å². The minimum atomic E-state index is -4.72. The number of amides is 1. The first-order valence-corrected chi connectivity index (χ1v) is 7.46. The van der Waals surface area contributed by atoms with Crippen LogP contribution in [0.25, 0.3) is 0 Å². The molecule has 0 aliphatic heterocycles. The zero-order chi connectivity index (χ0) is 19.3. The van der Waals surface area contributed by atoms with Crippen LogP contribution in [0.2, 0.25) is 0 Å². The maximum atomic E-state index is 13.0. The van der Waals surface area contributed by atoms with E-state index < -0.39 is 29.6 Å². The molecule has 0 fully saturated rings. The number of alkyl halides is 3. The highest BCUT2D eigenvalue weighted by molar-refractivity contribution is 5.98. The van der Waals surface area contributed by atoms with Crippen LogP contribution >= 0.6 is 0 Å². The Morgan fingerprint density at radius 1 is 1.23 bits per heavy atom. The van der Waals surface area contributed by atoms with Crippen LogP contribution in [0.5, 0.6) is 0 Å². The predicted octanol–water partition coefficient (Wildman–Crippen LogP) is 2.74. The van der Waals surface area contributed by atoms with E-state index in [2.05, 4.69) is 20.8 Å². The van der Waals surface area contributed by atoms with E-state index in [-0.39, 0.29) is 23.3 Å². The molecule has 0 spiro atoms. The molecule has 2 aromatic heterocycles. The molecule has 1 amide bonds. The second kappa shape index (κ2) is 7.81. The summed E-state index contributed by atoms with van der Waals surface area (Å²) in [6.07, 6.45) is -1.96. The fourth-order valence-electron chi connectivity index (χ4n) is 2.06. The first-order chi connectivity index (χ1) is 12.2. The summed E-state index contributed by atoms with van der Waals surface area (Å²) in [4.78, 5) is 31.2. The third kappa shape index (κ3) is 4.47. The number of hydrogen-bond acceptors (Lipinski definition) is 6. The van der Waals surface area contributed by atoms with Gasteiger partial charge < -0.3 is 4.74 Å². The van der Waals surface area contributed by atoms with Crippen LogP contribution in [0.1, 0.15) is 38.9 Å². The third-order valence-corrected chi connectivity index (χ3v) is 3.22. The number of nitrogens with one attached hydrogen (secondary N) is 2. The maximum absolute atomic E-state index is 13.0. The largest absolute Gasteiger partial charge is 0.462 e. The van der Waals surface area contributed by atoms with Crippen LogP contribution < -0.4 is 10.9 Å². The highest BCUT2D eigenvalue weighted by Gasteiger charge is 2.35. The average molecular weight is 368 g/mol. The van der Waals surface area contributed by atoms with Crippen molar-refractivity contribution in [2.24, 2.45) is 0 Å². The maximum Gasteiger partial charge on any atom is 0.433 e. The Bertz CT molecular complexity index is 810. The molecule has 2 aromatic rings. The molecule has 0 unspecified atom stereocenters. The van der Waals surface area contributed by atoms with Gasteiger partial charge in [0, 0.05) is 18.0 Å². The van der Waals surface area contributed by atoms with Crippen molar-refractivity contribution in [3.8, 4) is 0 Å². The summed E-state index contributed by atoms with van der Waals surface area (Å²) in [5, 5.41) is 0. The molecule has 0 radical (unpaired) electrons. The van der Waals surface area contributed by atoms with Gasteiger partial charge in [-0.25, -0.2) is 9.78 Å². The summed E-state index contributed by atoms with van der Waals surface area (Å²) >= 11 is 0. The highest BCUT2D eigenvalue weighted by Crippen LogP contribution is 2.31. The fourth-order valence-corrected chi connectivity index (χ4v) is 2.06. The molecule has 138 valence electrons. The van der Waals surface area contributed by atoms with Crippen LogP contribution in [0, 0.1) is 6.92 Å². The molecule has 26 heavy (non-hydrogen) atoms. The minimum Gasteiger partial charge on any atom is -0.462 e. The van der Waals surface area contributed by atoms with E-state index >= 15 is 0 Å². The van der Waals surface area contributed by atoms with Gasteiger partial charge in [0.2, 0.25) is 0 Å².